The summed E-state index contributed by atoms with van der Waals surface area (Å²) in [5, 5.41) is -0.0701. The first-order chi connectivity index (χ1) is 12.3. The highest BCUT2D eigenvalue weighted by molar-refractivity contribution is 8.00. The van der Waals surface area contributed by atoms with Crippen LogP contribution in [-0.2, 0) is 15.8 Å². The van der Waals surface area contributed by atoms with Crippen molar-refractivity contribution in [1.82, 2.24) is 14.8 Å². The van der Waals surface area contributed by atoms with E-state index in [1.165, 1.54) is 16.7 Å². The van der Waals surface area contributed by atoms with E-state index in [1.54, 1.807) is 9.80 Å². The van der Waals surface area contributed by atoms with Crippen molar-refractivity contribution in [3.8, 4) is 0 Å². The van der Waals surface area contributed by atoms with E-state index in [0.717, 1.165) is 12.3 Å². The zero-order valence-electron chi connectivity index (χ0n) is 13.6. The highest BCUT2D eigenvalue weighted by Crippen LogP contribution is 2.33. The Labute approximate surface area is 157 Å². The van der Waals surface area contributed by atoms with Gasteiger partial charge in [-0.25, -0.2) is 4.98 Å². The molecule has 0 aliphatic carbocycles. The molecule has 1 aromatic rings. The Morgan fingerprint density at radius 3 is 2.50 bits per heavy atom. The molecule has 2 saturated heterocycles. The maximum absolute atomic E-state index is 12.7. The summed E-state index contributed by atoms with van der Waals surface area (Å²) < 4.78 is 38.1. The van der Waals surface area contributed by atoms with Gasteiger partial charge in [-0.2, -0.15) is 13.2 Å². The number of hydrogen-bond acceptors (Lipinski definition) is 5. The van der Waals surface area contributed by atoms with Crippen LogP contribution in [0.5, 0.6) is 0 Å². The number of anilines is 1. The monoisotopic (exact) mass is 408 g/mol. The number of halogens is 4. The van der Waals surface area contributed by atoms with Crippen molar-refractivity contribution in [2.45, 2.75) is 6.18 Å². The molecule has 11 heteroatoms. The predicted molar refractivity (Wildman–Crippen MR) is 92.1 cm³/mol. The van der Waals surface area contributed by atoms with Crippen LogP contribution in [0.25, 0.3) is 0 Å². The Balaban J connectivity index is 1.58. The van der Waals surface area contributed by atoms with E-state index >= 15 is 0 Å². The average Bonchev–Trinajstić information content (AvgIpc) is 2.99. The Morgan fingerprint density at radius 1 is 1.27 bits per heavy atom. The third-order valence-electron chi connectivity index (χ3n) is 4.23. The number of aromatic nitrogens is 1. The smallest absolute Gasteiger partial charge is 0.352 e. The molecule has 0 atom stereocenters. The van der Waals surface area contributed by atoms with Gasteiger partial charge in [0.1, 0.15) is 12.4 Å². The van der Waals surface area contributed by atoms with Gasteiger partial charge in [-0.1, -0.05) is 11.6 Å². The molecule has 142 valence electrons. The summed E-state index contributed by atoms with van der Waals surface area (Å²) in [6, 6.07) is 0.859. The molecule has 0 saturated carbocycles. The fourth-order valence-corrected chi connectivity index (χ4v) is 3.98. The summed E-state index contributed by atoms with van der Waals surface area (Å²) in [6.07, 6.45) is -3.74. The van der Waals surface area contributed by atoms with Gasteiger partial charge in [-0.05, 0) is 6.07 Å². The highest BCUT2D eigenvalue weighted by atomic mass is 35.5. The molecular formula is C15H16ClF3N4O2S. The van der Waals surface area contributed by atoms with Gasteiger partial charge in [0, 0.05) is 32.4 Å². The van der Waals surface area contributed by atoms with Crippen molar-refractivity contribution in [2.24, 2.45) is 0 Å². The van der Waals surface area contributed by atoms with Gasteiger partial charge in [-0.3, -0.25) is 9.59 Å². The van der Waals surface area contributed by atoms with Crippen LogP contribution in [0.3, 0.4) is 0 Å². The SMILES string of the molecule is O=C(CN1CSCC1=O)N1CCN(c2ncc(C(F)(F)F)cc2Cl)CC1. The number of rotatable bonds is 3. The fraction of sp³-hybridized carbons (Fsp3) is 0.533. The minimum absolute atomic E-state index is 0.0391. The van der Waals surface area contributed by atoms with Gasteiger partial charge in [0.05, 0.1) is 22.2 Å². The van der Waals surface area contributed by atoms with Crippen LogP contribution in [0.4, 0.5) is 19.0 Å². The van der Waals surface area contributed by atoms with Crippen molar-refractivity contribution in [3.05, 3.63) is 22.8 Å². The van der Waals surface area contributed by atoms with Gasteiger partial charge in [-0.15, -0.1) is 11.8 Å². The van der Waals surface area contributed by atoms with Crippen LogP contribution in [0, 0.1) is 0 Å². The molecule has 0 unspecified atom stereocenters. The van der Waals surface area contributed by atoms with E-state index in [4.69, 9.17) is 11.6 Å². The summed E-state index contributed by atoms with van der Waals surface area (Å²) in [5.41, 5.74) is -0.895. The molecule has 6 nitrogen and oxygen atoms in total. The first-order valence-electron chi connectivity index (χ1n) is 7.86. The lowest BCUT2D eigenvalue weighted by Gasteiger charge is -2.36. The molecular weight excluding hydrogens is 393 g/mol. The molecule has 26 heavy (non-hydrogen) atoms. The average molecular weight is 409 g/mol. The fourth-order valence-electron chi connectivity index (χ4n) is 2.79. The van der Waals surface area contributed by atoms with Crippen molar-refractivity contribution in [3.63, 3.8) is 0 Å². The predicted octanol–water partition coefficient (Wildman–Crippen LogP) is 1.94. The molecule has 2 aliphatic rings. The molecule has 0 bridgehead atoms. The van der Waals surface area contributed by atoms with Crippen LogP contribution < -0.4 is 4.90 Å². The van der Waals surface area contributed by atoms with Crippen LogP contribution in [0.2, 0.25) is 5.02 Å². The largest absolute Gasteiger partial charge is 0.417 e. The van der Waals surface area contributed by atoms with Gasteiger partial charge in [0.25, 0.3) is 0 Å². The molecule has 3 heterocycles. The lowest BCUT2D eigenvalue weighted by Crippen LogP contribution is -2.51. The molecule has 0 spiro atoms. The van der Waals surface area contributed by atoms with E-state index in [-0.39, 0.29) is 29.2 Å². The van der Waals surface area contributed by atoms with E-state index < -0.39 is 11.7 Å². The lowest BCUT2D eigenvalue weighted by atomic mass is 10.2. The molecule has 0 radical (unpaired) electrons. The number of nitrogens with zero attached hydrogens (tertiary/aromatic N) is 4. The van der Waals surface area contributed by atoms with Crippen LogP contribution in [0.15, 0.2) is 12.3 Å². The number of pyridine rings is 1. The highest BCUT2D eigenvalue weighted by Gasteiger charge is 2.33. The summed E-state index contributed by atoms with van der Waals surface area (Å²) in [6.45, 7) is 1.67. The second-order valence-corrected chi connectivity index (χ2v) is 7.33. The maximum Gasteiger partial charge on any atom is 0.417 e. The zero-order chi connectivity index (χ0) is 18.9. The van der Waals surface area contributed by atoms with E-state index in [9.17, 15) is 22.8 Å². The Morgan fingerprint density at radius 2 is 1.96 bits per heavy atom. The standard InChI is InChI=1S/C15H16ClF3N4O2S/c16-11-5-10(15(17,18)19)6-20-14(11)22-3-1-21(2-4-22)12(24)7-23-9-26-8-13(23)25/h5-6H,1-4,7-9H2. The first-order valence-corrected chi connectivity index (χ1v) is 9.40. The number of thioether (sulfide) groups is 1. The Kier molecular flexibility index (Phi) is 5.52. The van der Waals surface area contributed by atoms with Crippen LogP contribution in [0.1, 0.15) is 5.56 Å². The molecule has 1 aromatic heterocycles. The molecule has 2 amide bonds. The van der Waals surface area contributed by atoms with Gasteiger partial charge in [0.2, 0.25) is 11.8 Å². The van der Waals surface area contributed by atoms with E-state index in [1.807, 2.05) is 0 Å². The van der Waals surface area contributed by atoms with Gasteiger partial charge in [0.15, 0.2) is 0 Å². The van der Waals surface area contributed by atoms with Crippen molar-refractivity contribution in [1.29, 1.82) is 0 Å². The minimum atomic E-state index is -4.49. The van der Waals surface area contributed by atoms with Crippen molar-refractivity contribution < 1.29 is 22.8 Å². The van der Waals surface area contributed by atoms with Gasteiger partial charge >= 0.3 is 6.18 Å². The Bertz CT molecular complexity index is 711. The second kappa shape index (κ2) is 7.51. The number of carbonyl (C=O) groups excluding carboxylic acids is 2. The maximum atomic E-state index is 12.7. The third kappa shape index (κ3) is 4.17. The summed E-state index contributed by atoms with van der Waals surface area (Å²) >= 11 is 7.44. The van der Waals surface area contributed by atoms with E-state index in [0.29, 0.717) is 37.8 Å². The number of amides is 2. The van der Waals surface area contributed by atoms with Gasteiger partial charge < -0.3 is 14.7 Å². The Hall–Kier alpha value is -1.68. The molecule has 2 aliphatic heterocycles. The zero-order valence-corrected chi connectivity index (χ0v) is 15.2. The number of hydrogen-bond donors (Lipinski definition) is 0. The third-order valence-corrected chi connectivity index (χ3v) is 5.46. The molecule has 0 N–H and O–H groups in total. The number of carbonyl (C=O) groups is 2. The normalized spacial score (nSPS) is 18.6. The molecule has 3 rings (SSSR count). The lowest BCUT2D eigenvalue weighted by molar-refractivity contribution is -0.138. The summed E-state index contributed by atoms with van der Waals surface area (Å²) in [4.78, 5) is 32.7. The van der Waals surface area contributed by atoms with Crippen LogP contribution in [-0.4, -0.2) is 71.0 Å². The minimum Gasteiger partial charge on any atom is -0.352 e. The molecule has 0 aromatic carbocycles. The van der Waals surface area contributed by atoms with Crippen molar-refractivity contribution >= 4 is 41.0 Å². The summed E-state index contributed by atoms with van der Waals surface area (Å²) in [5.74, 6) is 1.03. The van der Waals surface area contributed by atoms with Crippen molar-refractivity contribution in [2.75, 3.05) is 49.3 Å². The second-order valence-electron chi connectivity index (χ2n) is 5.96. The summed E-state index contributed by atoms with van der Waals surface area (Å²) in [7, 11) is 0. The van der Waals surface area contributed by atoms with Crippen LogP contribution >= 0.6 is 23.4 Å². The van der Waals surface area contributed by atoms with E-state index in [2.05, 4.69) is 4.98 Å². The topological polar surface area (TPSA) is 56.8 Å². The number of piperazine rings is 1. The first kappa shape index (κ1) is 19.1. The number of alkyl halides is 3. The molecule has 2 fully saturated rings. The quantitative estimate of drug-likeness (QED) is 0.765.